The van der Waals surface area contributed by atoms with Crippen molar-refractivity contribution in [3.05, 3.63) is 24.4 Å². The first-order valence-corrected chi connectivity index (χ1v) is 8.37. The van der Waals surface area contributed by atoms with Crippen LogP contribution in [-0.4, -0.2) is 34.6 Å². The first-order valence-electron chi connectivity index (χ1n) is 8.37. The van der Waals surface area contributed by atoms with Crippen LogP contribution in [0.15, 0.2) is 24.4 Å². The van der Waals surface area contributed by atoms with Gasteiger partial charge in [0, 0.05) is 35.9 Å². The minimum Gasteiger partial charge on any atom is -0.398 e. The molecule has 1 aromatic carbocycles. The molecule has 3 atom stereocenters. The molecule has 26 heavy (non-hydrogen) atoms. The van der Waals surface area contributed by atoms with Crippen LogP contribution in [0.5, 0.6) is 0 Å². The van der Waals surface area contributed by atoms with Crippen LogP contribution < -0.4 is 16.0 Å². The molecule has 0 bridgehead atoms. The summed E-state index contributed by atoms with van der Waals surface area (Å²) < 4.78 is 0. The van der Waals surface area contributed by atoms with Gasteiger partial charge in [-0.25, -0.2) is 4.98 Å². The number of aromatic nitrogens is 1. The Hall–Kier alpha value is -3.18. The maximum atomic E-state index is 12.1. The third-order valence-electron chi connectivity index (χ3n) is 4.89. The largest absolute Gasteiger partial charge is 0.398 e. The van der Waals surface area contributed by atoms with E-state index in [-0.39, 0.29) is 23.7 Å². The third-order valence-corrected chi connectivity index (χ3v) is 4.89. The number of aliphatic hydroxyl groups is 1. The topological polar surface area (TPSA) is 132 Å². The first-order chi connectivity index (χ1) is 12.5. The molecule has 1 saturated carbocycles. The molecule has 1 aliphatic carbocycles. The van der Waals surface area contributed by atoms with Crippen LogP contribution in [-0.2, 0) is 9.59 Å². The van der Waals surface area contributed by atoms with Gasteiger partial charge in [-0.2, -0.15) is 5.26 Å². The van der Waals surface area contributed by atoms with E-state index in [9.17, 15) is 14.7 Å². The number of aliphatic hydroxyl groups excluding tert-OH is 1. The van der Waals surface area contributed by atoms with E-state index in [2.05, 4.69) is 16.4 Å². The molecule has 2 amide bonds. The first kappa shape index (κ1) is 16.3. The van der Waals surface area contributed by atoms with Crippen molar-refractivity contribution in [1.29, 1.82) is 5.26 Å². The molecule has 2 aromatic rings. The summed E-state index contributed by atoms with van der Waals surface area (Å²) in [5.74, 6) is -0.689. The minimum atomic E-state index is -0.981. The number of carbonyl (C=O) groups excluding carboxylic acids is 2. The number of nitrogen functional groups attached to an aromatic ring is 1. The highest BCUT2D eigenvalue weighted by Gasteiger charge is 2.43. The minimum absolute atomic E-state index is 0.217. The standard InChI is InChI=1S/C18H17N5O3/c19-7-10-4-12(10)17(25)22-16-5-9-3-11(6-14(20)13(9)8-21-16)23-2-1-15(24)18(23)26/h3,5-6,8,10,12,15,24H,1-2,4,20H2,(H,21,22,25)/t10?,12?,15-/m1/s1. The SMILES string of the molecule is N#CC1CC1C(=O)Nc1cc2cc(N3CC[C@@H](O)C3=O)cc(N)c2cn1. The fraction of sp³-hybridized carbons (Fsp3) is 0.333. The Bertz CT molecular complexity index is 967. The highest BCUT2D eigenvalue weighted by Crippen LogP contribution is 2.38. The molecule has 4 N–H and O–H groups in total. The summed E-state index contributed by atoms with van der Waals surface area (Å²) in [4.78, 5) is 29.8. The molecule has 1 saturated heterocycles. The lowest BCUT2D eigenvalue weighted by atomic mass is 10.1. The zero-order valence-electron chi connectivity index (χ0n) is 13.8. The number of hydrogen-bond donors (Lipinski definition) is 3. The van der Waals surface area contributed by atoms with Crippen LogP contribution in [0, 0.1) is 23.2 Å². The number of carbonyl (C=O) groups is 2. The molecule has 4 rings (SSSR count). The lowest BCUT2D eigenvalue weighted by molar-refractivity contribution is -0.124. The molecular formula is C18H17N5O3. The Morgan fingerprint density at radius 1 is 1.42 bits per heavy atom. The van der Waals surface area contributed by atoms with Gasteiger partial charge in [-0.1, -0.05) is 0 Å². The van der Waals surface area contributed by atoms with Crippen molar-refractivity contribution in [1.82, 2.24) is 4.98 Å². The van der Waals surface area contributed by atoms with E-state index < -0.39 is 6.10 Å². The molecule has 1 aliphatic heterocycles. The molecule has 2 heterocycles. The Balaban J connectivity index is 1.63. The number of pyridine rings is 1. The normalized spacial score (nSPS) is 24.5. The van der Waals surface area contributed by atoms with Crippen LogP contribution >= 0.6 is 0 Å². The van der Waals surface area contributed by atoms with Gasteiger partial charge in [0.1, 0.15) is 11.9 Å². The van der Waals surface area contributed by atoms with E-state index in [1.165, 1.54) is 4.90 Å². The highest BCUT2D eigenvalue weighted by atomic mass is 16.3. The predicted molar refractivity (Wildman–Crippen MR) is 95.0 cm³/mol. The lowest BCUT2D eigenvalue weighted by Gasteiger charge is -2.18. The summed E-state index contributed by atoms with van der Waals surface area (Å²) in [5, 5.41) is 22.6. The summed E-state index contributed by atoms with van der Waals surface area (Å²) >= 11 is 0. The molecule has 2 unspecified atom stereocenters. The van der Waals surface area contributed by atoms with Gasteiger partial charge >= 0.3 is 0 Å². The molecule has 0 spiro atoms. The van der Waals surface area contributed by atoms with Crippen molar-refractivity contribution in [2.45, 2.75) is 18.9 Å². The second-order valence-corrected chi connectivity index (χ2v) is 6.69. The summed E-state index contributed by atoms with van der Waals surface area (Å²) in [7, 11) is 0. The Kier molecular flexibility index (Phi) is 3.74. The lowest BCUT2D eigenvalue weighted by Crippen LogP contribution is -2.29. The van der Waals surface area contributed by atoms with Crippen molar-refractivity contribution in [2.24, 2.45) is 11.8 Å². The van der Waals surface area contributed by atoms with Gasteiger partial charge < -0.3 is 21.1 Å². The van der Waals surface area contributed by atoms with E-state index in [0.29, 0.717) is 42.0 Å². The average Bonchev–Trinajstić information content (AvgIpc) is 3.34. The second kappa shape index (κ2) is 5.97. The molecule has 0 radical (unpaired) electrons. The molecule has 2 aliphatic rings. The predicted octanol–water partition coefficient (Wildman–Crippen LogP) is 1.01. The summed E-state index contributed by atoms with van der Waals surface area (Å²) in [6.45, 7) is 0.427. The summed E-state index contributed by atoms with van der Waals surface area (Å²) in [6, 6.07) is 7.24. The van der Waals surface area contributed by atoms with Crippen LogP contribution in [0.4, 0.5) is 17.2 Å². The van der Waals surface area contributed by atoms with E-state index >= 15 is 0 Å². The Labute approximate surface area is 149 Å². The molecule has 132 valence electrons. The number of amides is 2. The zero-order chi connectivity index (χ0) is 18.4. The fourth-order valence-electron chi connectivity index (χ4n) is 3.26. The summed E-state index contributed by atoms with van der Waals surface area (Å²) in [5.41, 5.74) is 7.15. The van der Waals surface area contributed by atoms with Crippen LogP contribution in [0.3, 0.4) is 0 Å². The smallest absolute Gasteiger partial charge is 0.255 e. The van der Waals surface area contributed by atoms with Crippen molar-refractivity contribution < 1.29 is 14.7 Å². The number of nitrogens with one attached hydrogen (secondary N) is 1. The van der Waals surface area contributed by atoms with Crippen LogP contribution in [0.2, 0.25) is 0 Å². The molecular weight excluding hydrogens is 334 g/mol. The van der Waals surface area contributed by atoms with E-state index in [4.69, 9.17) is 11.0 Å². The highest BCUT2D eigenvalue weighted by molar-refractivity contribution is 6.04. The molecule has 2 fully saturated rings. The number of nitrogens with zero attached hydrogens (tertiary/aromatic N) is 3. The Morgan fingerprint density at radius 3 is 2.88 bits per heavy atom. The number of nitrogens with two attached hydrogens (primary N) is 1. The summed E-state index contributed by atoms with van der Waals surface area (Å²) in [6.07, 6.45) is 1.55. The zero-order valence-corrected chi connectivity index (χ0v) is 13.8. The van der Waals surface area contributed by atoms with Crippen molar-refractivity contribution in [2.75, 3.05) is 22.5 Å². The van der Waals surface area contributed by atoms with Gasteiger partial charge in [0.2, 0.25) is 5.91 Å². The second-order valence-electron chi connectivity index (χ2n) is 6.69. The van der Waals surface area contributed by atoms with Crippen molar-refractivity contribution in [3.8, 4) is 6.07 Å². The monoisotopic (exact) mass is 351 g/mol. The van der Waals surface area contributed by atoms with E-state index in [1.54, 1.807) is 24.4 Å². The quantitative estimate of drug-likeness (QED) is 0.707. The molecule has 8 heteroatoms. The van der Waals surface area contributed by atoms with E-state index in [1.807, 2.05) is 0 Å². The van der Waals surface area contributed by atoms with Gasteiger partial charge in [0.25, 0.3) is 5.91 Å². The van der Waals surface area contributed by atoms with Crippen molar-refractivity contribution >= 4 is 39.8 Å². The number of rotatable bonds is 3. The van der Waals surface area contributed by atoms with Crippen molar-refractivity contribution in [3.63, 3.8) is 0 Å². The Morgan fingerprint density at radius 2 is 2.23 bits per heavy atom. The van der Waals surface area contributed by atoms with Gasteiger partial charge in [0.15, 0.2) is 0 Å². The fourth-order valence-corrected chi connectivity index (χ4v) is 3.26. The number of nitriles is 1. The third kappa shape index (κ3) is 2.72. The van der Waals surface area contributed by atoms with Gasteiger partial charge in [-0.15, -0.1) is 0 Å². The van der Waals surface area contributed by atoms with Gasteiger partial charge in [-0.05, 0) is 30.0 Å². The average molecular weight is 351 g/mol. The molecule has 8 nitrogen and oxygen atoms in total. The number of hydrogen-bond acceptors (Lipinski definition) is 6. The maximum Gasteiger partial charge on any atom is 0.255 e. The van der Waals surface area contributed by atoms with Gasteiger partial charge in [0.05, 0.1) is 17.9 Å². The maximum absolute atomic E-state index is 12.1. The van der Waals surface area contributed by atoms with Crippen LogP contribution in [0.25, 0.3) is 10.8 Å². The van der Waals surface area contributed by atoms with E-state index in [0.717, 1.165) is 5.39 Å². The van der Waals surface area contributed by atoms with Crippen LogP contribution in [0.1, 0.15) is 12.8 Å². The number of anilines is 3. The number of fused-ring (bicyclic) bond motifs is 1. The van der Waals surface area contributed by atoms with Gasteiger partial charge in [-0.3, -0.25) is 9.59 Å². The molecule has 1 aromatic heterocycles. The number of benzene rings is 1.